The van der Waals surface area contributed by atoms with Crippen molar-refractivity contribution in [3.63, 3.8) is 0 Å². The molecule has 0 rings (SSSR count). The van der Waals surface area contributed by atoms with Crippen molar-refractivity contribution >= 4 is 20.2 Å². The van der Waals surface area contributed by atoms with Gasteiger partial charge < -0.3 is 95.0 Å². The molecule has 58 heavy (non-hydrogen) atoms. The molecule has 0 aromatic carbocycles. The molecule has 0 atom stereocenters. The zero-order valence-electron chi connectivity index (χ0n) is 35.8. The second kappa shape index (κ2) is 89.1. The molecule has 20 N–H and O–H groups in total. The van der Waals surface area contributed by atoms with Crippen molar-refractivity contribution in [1.29, 1.82) is 0 Å². The van der Waals surface area contributed by atoms with E-state index in [0.29, 0.717) is 65.6 Å². The summed E-state index contributed by atoms with van der Waals surface area (Å²) in [6.07, 6.45) is 6.97. The van der Waals surface area contributed by atoms with E-state index < -0.39 is 20.2 Å². The van der Waals surface area contributed by atoms with E-state index in [-0.39, 0.29) is 138 Å². The van der Waals surface area contributed by atoms with Gasteiger partial charge in [-0.1, -0.05) is 12.8 Å². The fourth-order valence-corrected chi connectivity index (χ4v) is 2.58. The Labute approximate surface area is 392 Å². The van der Waals surface area contributed by atoms with Crippen molar-refractivity contribution in [1.82, 2.24) is 6.15 Å². The Balaban J connectivity index is -0.0000000485. The summed E-state index contributed by atoms with van der Waals surface area (Å²) in [5.41, 5.74) is 25.5. The van der Waals surface area contributed by atoms with Gasteiger partial charge in [-0.2, -0.15) is 16.8 Å². The van der Waals surface area contributed by atoms with Crippen LogP contribution in [0.1, 0.15) is 38.5 Å². The fraction of sp³-hybridized carbons (Fsp3) is 1.00. The number of nitrogens with two attached hydrogens (primary N) is 5. The normalized spacial score (nSPS) is 9.45. The molecule has 0 aliphatic rings. The molecular formula is C30H82N6Na2O18S2. The predicted molar refractivity (Wildman–Crippen MR) is 211 cm³/mol. The Hall–Kier alpha value is 1.10. The Morgan fingerprint density at radius 2 is 0.690 bits per heavy atom. The van der Waals surface area contributed by atoms with Crippen LogP contribution in [0, 0.1) is 0 Å². The molecule has 0 saturated heterocycles. The van der Waals surface area contributed by atoms with Gasteiger partial charge in [-0.3, -0.25) is 8.37 Å². The molecule has 0 spiro atoms. The third-order valence-corrected chi connectivity index (χ3v) is 5.22. The van der Waals surface area contributed by atoms with Crippen molar-refractivity contribution in [3.8, 4) is 0 Å². The molecule has 0 amide bonds. The van der Waals surface area contributed by atoms with E-state index in [9.17, 15) is 27.0 Å². The third kappa shape index (κ3) is 174. The van der Waals surface area contributed by atoms with Gasteiger partial charge in [0.1, 0.15) is 0 Å². The van der Waals surface area contributed by atoms with Crippen LogP contribution < -0.4 is 104 Å². The van der Waals surface area contributed by atoms with Gasteiger partial charge in [0.05, 0.1) is 98.4 Å². The standard InChI is InChI=1S/C6H15NO2.C5H13NO2.C4H11NO2.C4H10NO.C3H8NO.2C3H8O4S.C2H6O2.H3N.2Na/c7-3-1-2-5-9-6-4-8;6-2-1-4-8-5-3-7;5-1-3-7-4-2-6;5-3-1-2-4-6;4-2-1-3-5;2*1-8(5,6)7-3-2-4;3-1-2-4;;;/h8H,1-7H2;7H,1-6H2;6H,1-5H2;1-5H2;1-4H2;2*4H,2-3H2,1H3;3-4H,1-2H2;1H3;;/q;;;2*-1;;;;;2*+1. The van der Waals surface area contributed by atoms with E-state index in [0.717, 1.165) is 57.8 Å². The van der Waals surface area contributed by atoms with Crippen LogP contribution in [0.2, 0.25) is 0 Å². The van der Waals surface area contributed by atoms with Crippen molar-refractivity contribution < 1.29 is 144 Å². The first-order valence-corrected chi connectivity index (χ1v) is 21.1. The number of aliphatic hydroxyl groups is 7. The van der Waals surface area contributed by atoms with Crippen LogP contribution in [0.5, 0.6) is 0 Å². The molecule has 0 bridgehead atoms. The number of ether oxygens (including phenoxy) is 3. The molecule has 0 radical (unpaired) electrons. The van der Waals surface area contributed by atoms with Crippen LogP contribution in [-0.4, -0.2) is 210 Å². The Morgan fingerprint density at radius 1 is 0.397 bits per heavy atom. The molecule has 0 aliphatic carbocycles. The van der Waals surface area contributed by atoms with E-state index in [2.05, 4.69) is 8.37 Å². The molecule has 0 aromatic rings. The summed E-state index contributed by atoms with van der Waals surface area (Å²) in [6, 6.07) is 0. The topological polar surface area (TPSA) is 467 Å². The average Bonchev–Trinajstić information content (AvgIpc) is 3.15. The minimum Gasteiger partial charge on any atom is -0.854 e. The van der Waals surface area contributed by atoms with Crippen LogP contribution in [0.25, 0.3) is 0 Å². The maximum atomic E-state index is 10.1. The van der Waals surface area contributed by atoms with Crippen molar-refractivity contribution in [2.45, 2.75) is 38.5 Å². The molecule has 28 heteroatoms. The maximum absolute atomic E-state index is 10.1. The Bertz CT molecular complexity index is 739. The molecular weight excluding hydrogens is 842 g/mol. The number of hydrogen-bond acceptors (Lipinski definition) is 24. The summed E-state index contributed by atoms with van der Waals surface area (Å²) in [7, 11) is -6.69. The van der Waals surface area contributed by atoms with Crippen LogP contribution >= 0.6 is 0 Å². The first-order valence-electron chi connectivity index (χ1n) is 17.5. The average molecular weight is 925 g/mol. The number of rotatable bonds is 27. The van der Waals surface area contributed by atoms with Gasteiger partial charge in [-0.25, -0.2) is 0 Å². The molecule has 0 heterocycles. The van der Waals surface area contributed by atoms with Crippen LogP contribution in [0.4, 0.5) is 0 Å². The van der Waals surface area contributed by atoms with E-state index in [1.165, 1.54) is 0 Å². The van der Waals surface area contributed by atoms with Gasteiger partial charge >= 0.3 is 59.1 Å². The van der Waals surface area contributed by atoms with Gasteiger partial charge in [0.15, 0.2) is 0 Å². The van der Waals surface area contributed by atoms with E-state index in [4.69, 9.17) is 78.6 Å². The summed E-state index contributed by atoms with van der Waals surface area (Å²) >= 11 is 0. The monoisotopic (exact) mass is 924 g/mol. The fourth-order valence-electron chi connectivity index (χ4n) is 1.82. The minimum absolute atomic E-state index is 0. The molecule has 0 saturated carbocycles. The zero-order valence-corrected chi connectivity index (χ0v) is 41.5. The molecule has 0 unspecified atom stereocenters. The van der Waals surface area contributed by atoms with Crippen molar-refractivity contribution in [3.05, 3.63) is 0 Å². The van der Waals surface area contributed by atoms with Crippen LogP contribution in [-0.2, 0) is 42.8 Å². The second-order valence-corrected chi connectivity index (χ2v) is 12.7. The summed E-state index contributed by atoms with van der Waals surface area (Å²) in [6.45, 7) is 5.50. The van der Waals surface area contributed by atoms with Crippen molar-refractivity contribution in [2.24, 2.45) is 28.7 Å². The minimum atomic E-state index is -3.35. The molecule has 24 nitrogen and oxygen atoms in total. The number of hydrogen-bond donors (Lipinski definition) is 13. The Morgan fingerprint density at radius 3 is 0.879 bits per heavy atom. The SMILES string of the molecule is CS(=O)(=O)OCCO.CS(=O)(=O)OCCO.N.NCCCCOCCO.NCCCC[O-].NCCCOCCO.NCCC[O-].NCCOCCO.OCCO.[Na+].[Na+]. The van der Waals surface area contributed by atoms with E-state index in [1.807, 2.05) is 0 Å². The predicted octanol–water partition coefficient (Wildman–Crippen LogP) is -13.1. The first-order chi connectivity index (χ1) is 26.1. The maximum Gasteiger partial charge on any atom is 1.00 e. The first kappa shape index (κ1) is 86.2. The van der Waals surface area contributed by atoms with Crippen molar-refractivity contribution in [2.75, 3.05) is 158 Å². The zero-order chi connectivity index (χ0) is 44.3. The molecule has 0 fully saturated rings. The van der Waals surface area contributed by atoms with E-state index >= 15 is 0 Å². The van der Waals surface area contributed by atoms with Crippen LogP contribution in [0.3, 0.4) is 0 Å². The summed E-state index contributed by atoms with van der Waals surface area (Å²) in [5, 5.41) is 75.0. The number of unbranched alkanes of at least 4 members (excludes halogenated alkanes) is 2. The van der Waals surface area contributed by atoms with Gasteiger partial charge in [0.25, 0.3) is 20.2 Å². The third-order valence-electron chi connectivity index (χ3n) is 4.03. The summed E-state index contributed by atoms with van der Waals surface area (Å²) < 4.78 is 63.1. The Kier molecular flexibility index (Phi) is 133. The molecule has 354 valence electrons. The molecule has 0 aromatic heterocycles. The van der Waals surface area contributed by atoms with Gasteiger partial charge in [0.2, 0.25) is 0 Å². The van der Waals surface area contributed by atoms with E-state index in [1.54, 1.807) is 0 Å². The van der Waals surface area contributed by atoms with Gasteiger partial charge in [-0.15, -0.1) is 13.2 Å². The number of aliphatic hydroxyl groups excluding tert-OH is 7. The molecule has 0 aliphatic heterocycles. The smallest absolute Gasteiger partial charge is 0.854 e. The van der Waals surface area contributed by atoms with Gasteiger partial charge in [-0.05, 0) is 51.9 Å². The quantitative estimate of drug-likeness (QED) is 0.0207. The largest absolute Gasteiger partial charge is 1.00 e. The van der Waals surface area contributed by atoms with Gasteiger partial charge in [0, 0.05) is 19.8 Å². The van der Waals surface area contributed by atoms with Crippen LogP contribution in [0.15, 0.2) is 0 Å². The second-order valence-electron chi connectivity index (χ2n) is 9.43. The summed E-state index contributed by atoms with van der Waals surface area (Å²) in [4.78, 5) is 0. The summed E-state index contributed by atoms with van der Waals surface area (Å²) in [5.74, 6) is 0.